The second-order valence-corrected chi connectivity index (χ2v) is 8.07. The molecule has 104 valence electrons. The molecule has 1 aromatic rings. The molecule has 1 aromatic heterocycles. The van der Waals surface area contributed by atoms with Crippen LogP contribution in [0.15, 0.2) is 6.07 Å². The van der Waals surface area contributed by atoms with Gasteiger partial charge in [0, 0.05) is 17.5 Å². The summed E-state index contributed by atoms with van der Waals surface area (Å²) in [6.45, 7) is 5.69. The molecule has 1 N–H and O–H groups in total. The van der Waals surface area contributed by atoms with Gasteiger partial charge in [-0.25, -0.2) is 13.2 Å². The maximum absolute atomic E-state index is 11.6. The molecule has 0 amide bonds. The molecule has 5 nitrogen and oxygen atoms in total. The highest BCUT2D eigenvalue weighted by Crippen LogP contribution is 2.29. The molecule has 0 spiro atoms. The van der Waals surface area contributed by atoms with Gasteiger partial charge in [-0.05, 0) is 11.6 Å². The standard InChI is InChI=1S/C13H17NO4S/c1-13(2,3)11-9(12(15)16)6-8-7-19(17,18)5-4-10(8)14-11/h6H,4-5,7H2,1-3H3,(H,15,16). The molecule has 1 aliphatic rings. The molecule has 0 aromatic carbocycles. The van der Waals surface area contributed by atoms with Crippen molar-refractivity contribution in [2.45, 2.75) is 38.4 Å². The zero-order chi connectivity index (χ0) is 14.4. The van der Waals surface area contributed by atoms with Gasteiger partial charge >= 0.3 is 5.97 Å². The number of carboxylic acid groups (broad SMARTS) is 1. The number of hydrogen-bond acceptors (Lipinski definition) is 4. The van der Waals surface area contributed by atoms with Crippen LogP contribution in [0.1, 0.15) is 48.1 Å². The lowest BCUT2D eigenvalue weighted by molar-refractivity contribution is 0.0693. The van der Waals surface area contributed by atoms with Gasteiger partial charge in [-0.15, -0.1) is 0 Å². The number of carboxylic acids is 1. The van der Waals surface area contributed by atoms with Crippen LogP contribution in [0.2, 0.25) is 0 Å². The lowest BCUT2D eigenvalue weighted by Crippen LogP contribution is -2.25. The number of aryl methyl sites for hydroxylation is 1. The van der Waals surface area contributed by atoms with Crippen molar-refractivity contribution < 1.29 is 18.3 Å². The highest BCUT2D eigenvalue weighted by Gasteiger charge is 2.29. The Balaban J connectivity index is 2.65. The summed E-state index contributed by atoms with van der Waals surface area (Å²) in [4.78, 5) is 15.8. The van der Waals surface area contributed by atoms with Crippen LogP contribution in [0.5, 0.6) is 0 Å². The second-order valence-electron chi connectivity index (χ2n) is 5.89. The van der Waals surface area contributed by atoms with Crippen molar-refractivity contribution in [2.24, 2.45) is 0 Å². The molecular weight excluding hydrogens is 266 g/mol. The van der Waals surface area contributed by atoms with E-state index in [9.17, 15) is 18.3 Å². The Morgan fingerprint density at radius 2 is 2.00 bits per heavy atom. The van der Waals surface area contributed by atoms with Crippen LogP contribution in [0, 0.1) is 0 Å². The number of aromatic nitrogens is 1. The van der Waals surface area contributed by atoms with Crippen molar-refractivity contribution in [3.8, 4) is 0 Å². The molecule has 19 heavy (non-hydrogen) atoms. The average molecular weight is 283 g/mol. The van der Waals surface area contributed by atoms with Crippen LogP contribution in [-0.4, -0.2) is 30.2 Å². The summed E-state index contributed by atoms with van der Waals surface area (Å²) in [6.07, 6.45) is 0.362. The molecule has 6 heteroatoms. The minimum absolute atomic E-state index is 0.0863. The monoisotopic (exact) mass is 283 g/mol. The molecule has 1 aliphatic heterocycles. The summed E-state index contributed by atoms with van der Waals surface area (Å²) in [6, 6.07) is 1.47. The third kappa shape index (κ3) is 2.78. The van der Waals surface area contributed by atoms with Gasteiger partial charge in [-0.1, -0.05) is 20.8 Å². The SMILES string of the molecule is CC(C)(C)c1nc2c(cc1C(=O)O)CS(=O)(=O)CC2. The van der Waals surface area contributed by atoms with Gasteiger partial charge in [0.1, 0.15) is 0 Å². The van der Waals surface area contributed by atoms with Crippen LogP contribution in [-0.2, 0) is 27.4 Å². The predicted octanol–water partition coefficient (Wildman–Crippen LogP) is 1.55. The number of sulfone groups is 1. The number of nitrogens with zero attached hydrogens (tertiary/aromatic N) is 1. The van der Waals surface area contributed by atoms with E-state index >= 15 is 0 Å². The van der Waals surface area contributed by atoms with Gasteiger partial charge in [0.05, 0.1) is 22.8 Å². The molecule has 2 rings (SSSR count). The highest BCUT2D eigenvalue weighted by atomic mass is 32.2. The number of carbonyl (C=O) groups is 1. The van der Waals surface area contributed by atoms with E-state index in [1.807, 2.05) is 20.8 Å². The first kappa shape index (κ1) is 14.0. The molecule has 0 atom stereocenters. The van der Waals surface area contributed by atoms with Crippen molar-refractivity contribution in [1.82, 2.24) is 4.98 Å². The van der Waals surface area contributed by atoms with Crippen LogP contribution >= 0.6 is 0 Å². The summed E-state index contributed by atoms with van der Waals surface area (Å²) in [7, 11) is -3.12. The number of fused-ring (bicyclic) bond motifs is 1. The fourth-order valence-electron chi connectivity index (χ4n) is 2.23. The van der Waals surface area contributed by atoms with Crippen LogP contribution in [0.3, 0.4) is 0 Å². The summed E-state index contributed by atoms with van der Waals surface area (Å²) in [5.41, 5.74) is 1.46. The van der Waals surface area contributed by atoms with E-state index in [0.717, 1.165) is 0 Å². The number of hydrogen-bond donors (Lipinski definition) is 1. The van der Waals surface area contributed by atoms with E-state index in [4.69, 9.17) is 0 Å². The van der Waals surface area contributed by atoms with Crippen molar-refractivity contribution in [3.05, 3.63) is 28.6 Å². The van der Waals surface area contributed by atoms with Gasteiger partial charge in [0.2, 0.25) is 0 Å². The minimum atomic E-state index is -3.12. The van der Waals surface area contributed by atoms with Crippen LogP contribution < -0.4 is 0 Å². The van der Waals surface area contributed by atoms with Gasteiger partial charge in [-0.2, -0.15) is 0 Å². The van der Waals surface area contributed by atoms with Gasteiger partial charge in [0.15, 0.2) is 9.84 Å². The smallest absolute Gasteiger partial charge is 0.337 e. The van der Waals surface area contributed by atoms with Crippen molar-refractivity contribution >= 4 is 15.8 Å². The van der Waals surface area contributed by atoms with Crippen LogP contribution in [0.25, 0.3) is 0 Å². The fraction of sp³-hybridized carbons (Fsp3) is 0.538. The Labute approximate surface area is 112 Å². The summed E-state index contributed by atoms with van der Waals surface area (Å²) in [5.74, 6) is -1.09. The van der Waals surface area contributed by atoms with Crippen LogP contribution in [0.4, 0.5) is 0 Å². The Morgan fingerprint density at radius 1 is 1.37 bits per heavy atom. The Bertz CT molecular complexity index is 641. The molecule has 0 unspecified atom stereocenters. The Hall–Kier alpha value is -1.43. The first-order valence-electron chi connectivity index (χ1n) is 6.07. The average Bonchev–Trinajstić information content (AvgIpc) is 2.24. The molecule has 2 heterocycles. The topological polar surface area (TPSA) is 84.3 Å². The Kier molecular flexibility index (Phi) is 3.16. The zero-order valence-electron chi connectivity index (χ0n) is 11.2. The summed E-state index contributed by atoms with van der Waals surface area (Å²) < 4.78 is 23.2. The fourth-order valence-corrected chi connectivity index (χ4v) is 3.60. The van der Waals surface area contributed by atoms with Gasteiger partial charge in [-0.3, -0.25) is 4.98 Å². The number of rotatable bonds is 1. The third-order valence-electron chi connectivity index (χ3n) is 3.16. The van der Waals surface area contributed by atoms with Crippen molar-refractivity contribution in [1.29, 1.82) is 0 Å². The molecule has 0 fully saturated rings. The molecule has 0 saturated heterocycles. The highest BCUT2D eigenvalue weighted by molar-refractivity contribution is 7.90. The van der Waals surface area contributed by atoms with E-state index in [2.05, 4.69) is 4.98 Å². The van der Waals surface area contributed by atoms with E-state index in [0.29, 0.717) is 23.4 Å². The molecule has 0 bridgehead atoms. The van der Waals surface area contributed by atoms with Crippen molar-refractivity contribution in [2.75, 3.05) is 5.75 Å². The number of aromatic carboxylic acids is 1. The van der Waals surface area contributed by atoms with Gasteiger partial charge in [0.25, 0.3) is 0 Å². The van der Waals surface area contributed by atoms with E-state index < -0.39 is 15.8 Å². The molecule has 0 aliphatic carbocycles. The first-order valence-corrected chi connectivity index (χ1v) is 7.89. The lowest BCUT2D eigenvalue weighted by Gasteiger charge is -2.24. The summed E-state index contributed by atoms with van der Waals surface area (Å²) in [5, 5.41) is 9.27. The minimum Gasteiger partial charge on any atom is -0.478 e. The maximum atomic E-state index is 11.6. The quantitative estimate of drug-likeness (QED) is 0.845. The lowest BCUT2D eigenvalue weighted by atomic mass is 9.87. The summed E-state index contributed by atoms with van der Waals surface area (Å²) >= 11 is 0. The molecular formula is C13H17NO4S. The zero-order valence-corrected chi connectivity index (χ0v) is 12.0. The second kappa shape index (κ2) is 4.30. The van der Waals surface area contributed by atoms with E-state index in [1.165, 1.54) is 6.07 Å². The molecule has 0 saturated carbocycles. The van der Waals surface area contributed by atoms with Crippen molar-refractivity contribution in [3.63, 3.8) is 0 Å². The normalized spacial score (nSPS) is 17.8. The van der Waals surface area contributed by atoms with E-state index in [1.54, 1.807) is 0 Å². The van der Waals surface area contributed by atoms with E-state index in [-0.39, 0.29) is 22.5 Å². The predicted molar refractivity (Wildman–Crippen MR) is 71.1 cm³/mol. The van der Waals surface area contributed by atoms with Gasteiger partial charge < -0.3 is 5.11 Å². The molecule has 0 radical (unpaired) electrons. The maximum Gasteiger partial charge on any atom is 0.337 e. The largest absolute Gasteiger partial charge is 0.478 e. The third-order valence-corrected chi connectivity index (χ3v) is 4.73. The Morgan fingerprint density at radius 3 is 2.53 bits per heavy atom. The first-order chi connectivity index (χ1) is 8.60. The number of pyridine rings is 1.